The fourth-order valence-electron chi connectivity index (χ4n) is 1.26. The molecule has 1 aromatic carbocycles. The number of anilines is 1. The number of carbonyl (C=O) groups is 2. The Hall–Kier alpha value is -1.27. The molecule has 7 heteroatoms. The number of benzene rings is 1. The normalized spacial score (nSPS) is 11.8. The van der Waals surface area contributed by atoms with Crippen LogP contribution in [0.4, 0.5) is 10.1 Å². The highest BCUT2D eigenvalue weighted by Gasteiger charge is 2.19. The molecule has 1 atom stereocenters. The zero-order chi connectivity index (χ0) is 13.7. The molecule has 0 aliphatic carbocycles. The lowest BCUT2D eigenvalue weighted by Gasteiger charge is -2.15. The van der Waals surface area contributed by atoms with Gasteiger partial charge in [0.05, 0.1) is 10.7 Å². The van der Waals surface area contributed by atoms with E-state index < -0.39 is 17.8 Å². The van der Waals surface area contributed by atoms with Crippen LogP contribution in [-0.2, 0) is 9.59 Å². The maximum atomic E-state index is 13.5. The molecule has 18 heavy (non-hydrogen) atoms. The molecular formula is C11H12ClFN2O2S. The third-order valence-electron chi connectivity index (χ3n) is 2.09. The summed E-state index contributed by atoms with van der Waals surface area (Å²) in [5.74, 6) is -1.53. The maximum Gasteiger partial charge on any atom is 0.247 e. The van der Waals surface area contributed by atoms with E-state index in [1.165, 1.54) is 25.1 Å². The number of nitrogens with one attached hydrogen (secondary N) is 2. The minimum Gasteiger partial charge on any atom is -0.344 e. The first-order valence-corrected chi connectivity index (χ1v) is 6.09. The van der Waals surface area contributed by atoms with Crippen LogP contribution in [0, 0.1) is 5.82 Å². The first-order valence-electron chi connectivity index (χ1n) is 5.08. The van der Waals surface area contributed by atoms with Gasteiger partial charge < -0.3 is 10.6 Å². The van der Waals surface area contributed by atoms with Crippen molar-refractivity contribution in [2.45, 2.75) is 13.0 Å². The van der Waals surface area contributed by atoms with Crippen molar-refractivity contribution in [1.82, 2.24) is 5.32 Å². The van der Waals surface area contributed by atoms with Crippen molar-refractivity contribution in [3.63, 3.8) is 0 Å². The van der Waals surface area contributed by atoms with Crippen molar-refractivity contribution in [1.29, 1.82) is 0 Å². The van der Waals surface area contributed by atoms with Gasteiger partial charge in [-0.1, -0.05) is 17.7 Å². The molecule has 0 saturated carbocycles. The van der Waals surface area contributed by atoms with Crippen LogP contribution in [0.3, 0.4) is 0 Å². The molecule has 0 aliphatic rings. The van der Waals surface area contributed by atoms with Gasteiger partial charge >= 0.3 is 0 Å². The van der Waals surface area contributed by atoms with Gasteiger partial charge in [0.1, 0.15) is 6.04 Å². The highest BCUT2D eigenvalue weighted by atomic mass is 35.5. The number of hydrogen-bond acceptors (Lipinski definition) is 3. The number of hydrogen-bond donors (Lipinski definition) is 3. The topological polar surface area (TPSA) is 58.2 Å². The predicted octanol–water partition coefficient (Wildman–Crippen LogP) is 1.85. The zero-order valence-corrected chi connectivity index (χ0v) is 11.2. The van der Waals surface area contributed by atoms with Gasteiger partial charge in [0, 0.05) is 12.7 Å². The van der Waals surface area contributed by atoms with E-state index >= 15 is 0 Å². The molecule has 0 bridgehead atoms. The van der Waals surface area contributed by atoms with Gasteiger partial charge in [0.25, 0.3) is 0 Å². The van der Waals surface area contributed by atoms with E-state index in [0.29, 0.717) is 0 Å². The predicted molar refractivity (Wildman–Crippen MR) is 71.5 cm³/mol. The monoisotopic (exact) mass is 290 g/mol. The van der Waals surface area contributed by atoms with Gasteiger partial charge in [-0.25, -0.2) is 4.39 Å². The van der Waals surface area contributed by atoms with Gasteiger partial charge in [-0.2, -0.15) is 12.6 Å². The molecular weight excluding hydrogens is 279 g/mol. The van der Waals surface area contributed by atoms with Crippen LogP contribution >= 0.6 is 24.2 Å². The van der Waals surface area contributed by atoms with Crippen LogP contribution in [0.25, 0.3) is 0 Å². The Morgan fingerprint density at radius 3 is 2.72 bits per heavy atom. The molecule has 2 N–H and O–H groups in total. The number of amides is 2. The van der Waals surface area contributed by atoms with Gasteiger partial charge in [0.15, 0.2) is 5.82 Å². The molecule has 0 heterocycles. The van der Waals surface area contributed by atoms with Crippen molar-refractivity contribution in [3.8, 4) is 0 Å². The smallest absolute Gasteiger partial charge is 0.247 e. The van der Waals surface area contributed by atoms with Crippen LogP contribution in [0.5, 0.6) is 0 Å². The maximum absolute atomic E-state index is 13.5. The van der Waals surface area contributed by atoms with E-state index in [2.05, 4.69) is 23.3 Å². The summed E-state index contributed by atoms with van der Waals surface area (Å²) in [5.41, 5.74) is -0.0374. The Bertz CT molecular complexity index is 470. The van der Waals surface area contributed by atoms with Crippen molar-refractivity contribution in [3.05, 3.63) is 29.0 Å². The SMILES string of the molecule is CC(=O)NC(CS)C(=O)Nc1cccc(Cl)c1F. The summed E-state index contributed by atoms with van der Waals surface area (Å²) in [5, 5.41) is 4.66. The second-order valence-electron chi connectivity index (χ2n) is 3.53. The lowest BCUT2D eigenvalue weighted by Crippen LogP contribution is -2.44. The second kappa shape index (κ2) is 6.61. The Morgan fingerprint density at radius 1 is 1.50 bits per heavy atom. The van der Waals surface area contributed by atoms with Crippen molar-refractivity contribution < 1.29 is 14.0 Å². The average Bonchev–Trinajstić information content (AvgIpc) is 2.31. The molecule has 98 valence electrons. The number of carbonyl (C=O) groups excluding carboxylic acids is 2. The fraction of sp³-hybridized carbons (Fsp3) is 0.273. The van der Waals surface area contributed by atoms with E-state index in [1.807, 2.05) is 0 Å². The first-order chi connectivity index (χ1) is 8.45. The Labute approximate surface area is 114 Å². The van der Waals surface area contributed by atoms with Crippen molar-refractivity contribution in [2.75, 3.05) is 11.1 Å². The lowest BCUT2D eigenvalue weighted by molar-refractivity contribution is -0.124. The van der Waals surface area contributed by atoms with E-state index in [9.17, 15) is 14.0 Å². The van der Waals surface area contributed by atoms with Gasteiger partial charge in [-0.15, -0.1) is 0 Å². The minimum absolute atomic E-state index is 0.0374. The summed E-state index contributed by atoms with van der Waals surface area (Å²) >= 11 is 9.53. The molecule has 1 unspecified atom stereocenters. The number of thiol groups is 1. The summed E-state index contributed by atoms with van der Waals surface area (Å²) in [4.78, 5) is 22.6. The van der Waals surface area contributed by atoms with Gasteiger partial charge in [0.2, 0.25) is 11.8 Å². The fourth-order valence-corrected chi connectivity index (χ4v) is 1.69. The molecule has 0 saturated heterocycles. The Kier molecular flexibility index (Phi) is 5.43. The van der Waals surface area contributed by atoms with Crippen molar-refractivity contribution in [2.24, 2.45) is 0 Å². The third kappa shape index (κ3) is 3.89. The molecule has 2 amide bonds. The van der Waals surface area contributed by atoms with Gasteiger partial charge in [-0.05, 0) is 12.1 Å². The molecule has 1 aromatic rings. The van der Waals surface area contributed by atoms with E-state index in [4.69, 9.17) is 11.6 Å². The molecule has 4 nitrogen and oxygen atoms in total. The van der Waals surface area contributed by atoms with Crippen LogP contribution in [-0.4, -0.2) is 23.6 Å². The molecule has 0 aromatic heterocycles. The van der Waals surface area contributed by atoms with Crippen LogP contribution < -0.4 is 10.6 Å². The van der Waals surface area contributed by atoms with E-state index in [0.717, 1.165) is 0 Å². The summed E-state index contributed by atoms with van der Waals surface area (Å²) in [6, 6.07) is 3.43. The average molecular weight is 291 g/mol. The third-order valence-corrected chi connectivity index (χ3v) is 2.74. The first kappa shape index (κ1) is 14.8. The van der Waals surface area contributed by atoms with E-state index in [-0.39, 0.29) is 22.4 Å². The van der Waals surface area contributed by atoms with Crippen LogP contribution in [0.1, 0.15) is 6.92 Å². The molecule has 0 fully saturated rings. The highest BCUT2D eigenvalue weighted by molar-refractivity contribution is 7.80. The zero-order valence-electron chi connectivity index (χ0n) is 9.54. The Balaban J connectivity index is 2.80. The standard InChI is InChI=1S/C11H12ClFN2O2S/c1-6(16)14-9(5-18)11(17)15-8-4-2-3-7(12)10(8)13/h2-4,9,18H,5H2,1H3,(H,14,16)(H,15,17). The Morgan fingerprint density at radius 2 is 2.17 bits per heavy atom. The quantitative estimate of drug-likeness (QED) is 0.741. The largest absolute Gasteiger partial charge is 0.344 e. The summed E-state index contributed by atoms with van der Waals surface area (Å²) in [6.45, 7) is 1.28. The minimum atomic E-state index is -0.829. The molecule has 1 rings (SSSR count). The van der Waals surface area contributed by atoms with Crippen LogP contribution in [0.2, 0.25) is 5.02 Å². The second-order valence-corrected chi connectivity index (χ2v) is 4.30. The summed E-state index contributed by atoms with van der Waals surface area (Å²) < 4.78 is 13.5. The lowest BCUT2D eigenvalue weighted by atomic mass is 10.2. The van der Waals surface area contributed by atoms with Gasteiger partial charge in [-0.3, -0.25) is 9.59 Å². The molecule has 0 aliphatic heterocycles. The molecule has 0 radical (unpaired) electrons. The van der Waals surface area contributed by atoms with Crippen molar-refractivity contribution >= 4 is 41.7 Å². The summed E-state index contributed by atoms with van der Waals surface area (Å²) in [7, 11) is 0. The number of rotatable bonds is 4. The molecule has 0 spiro atoms. The van der Waals surface area contributed by atoms with Crippen LogP contribution in [0.15, 0.2) is 18.2 Å². The summed E-state index contributed by atoms with van der Waals surface area (Å²) in [6.07, 6.45) is 0. The number of halogens is 2. The highest BCUT2D eigenvalue weighted by Crippen LogP contribution is 2.22. The van der Waals surface area contributed by atoms with E-state index in [1.54, 1.807) is 0 Å².